The molecule has 0 saturated carbocycles. The average molecular weight is 368 g/mol. The fourth-order valence-corrected chi connectivity index (χ4v) is 3.36. The number of aromatic amines is 1. The van der Waals surface area contributed by atoms with Gasteiger partial charge in [0.15, 0.2) is 6.61 Å². The van der Waals surface area contributed by atoms with E-state index >= 15 is 0 Å². The number of aryl methyl sites for hydroxylation is 1. The van der Waals surface area contributed by atoms with E-state index in [0.717, 1.165) is 34.3 Å². The first-order valence-electron chi connectivity index (χ1n) is 8.72. The average Bonchev–Trinajstić information content (AvgIpc) is 3.04. The summed E-state index contributed by atoms with van der Waals surface area (Å²) in [5, 5.41) is 1.06. The van der Waals surface area contributed by atoms with E-state index in [0.29, 0.717) is 18.8 Å². The first kappa shape index (κ1) is 17.2. The van der Waals surface area contributed by atoms with Crippen LogP contribution in [0.25, 0.3) is 10.9 Å². The maximum Gasteiger partial charge on any atom is 0.260 e. The number of amides is 1. The minimum Gasteiger partial charge on any atom is -0.497 e. The van der Waals surface area contributed by atoms with Crippen LogP contribution in [-0.2, 0) is 17.8 Å². The van der Waals surface area contributed by atoms with Crippen molar-refractivity contribution in [1.29, 1.82) is 0 Å². The Morgan fingerprint density at radius 2 is 2.19 bits per heavy atom. The summed E-state index contributed by atoms with van der Waals surface area (Å²) < 4.78 is 15.8. The van der Waals surface area contributed by atoms with Crippen molar-refractivity contribution in [2.45, 2.75) is 19.9 Å². The molecule has 7 heteroatoms. The molecular weight excluding hydrogens is 348 g/mol. The van der Waals surface area contributed by atoms with Gasteiger partial charge in [-0.15, -0.1) is 0 Å². The molecule has 0 spiro atoms. The van der Waals surface area contributed by atoms with Gasteiger partial charge in [-0.1, -0.05) is 0 Å². The van der Waals surface area contributed by atoms with Crippen LogP contribution in [0, 0.1) is 6.92 Å². The lowest BCUT2D eigenvalue weighted by atomic mass is 10.0. The zero-order chi connectivity index (χ0) is 19.0. The van der Waals surface area contributed by atoms with E-state index in [2.05, 4.69) is 4.98 Å². The molecule has 0 unspecified atom stereocenters. The van der Waals surface area contributed by atoms with E-state index in [1.165, 1.54) is 12.3 Å². The van der Waals surface area contributed by atoms with Crippen molar-refractivity contribution in [3.8, 4) is 11.5 Å². The van der Waals surface area contributed by atoms with Gasteiger partial charge in [-0.05, 0) is 25.1 Å². The van der Waals surface area contributed by atoms with E-state index in [9.17, 15) is 9.59 Å². The molecule has 0 atom stereocenters. The van der Waals surface area contributed by atoms with Crippen LogP contribution in [0.5, 0.6) is 11.5 Å². The predicted octanol–water partition coefficient (Wildman–Crippen LogP) is 2.40. The Labute approximate surface area is 155 Å². The maximum atomic E-state index is 12.6. The van der Waals surface area contributed by atoms with Crippen molar-refractivity contribution in [2.24, 2.45) is 0 Å². The summed E-state index contributed by atoms with van der Waals surface area (Å²) in [7, 11) is 1.63. The number of fused-ring (bicyclic) bond motifs is 3. The molecule has 140 valence electrons. The van der Waals surface area contributed by atoms with Crippen molar-refractivity contribution >= 4 is 16.8 Å². The first-order valence-corrected chi connectivity index (χ1v) is 8.72. The first-order chi connectivity index (χ1) is 13.0. The lowest BCUT2D eigenvalue weighted by Gasteiger charge is -2.27. The standard InChI is InChI=1S/C20H20N2O5/c1-12-7-18(23)19(10-26-12)27-11-20(24)22-6-5-17-15(9-22)14-8-13(25-2)3-4-16(14)21-17/h3-4,7-8,10,21H,5-6,9,11H2,1-2H3. The number of rotatable bonds is 4. The lowest BCUT2D eigenvalue weighted by molar-refractivity contribution is -0.134. The van der Waals surface area contributed by atoms with Crippen LogP contribution in [0.3, 0.4) is 0 Å². The second-order valence-electron chi connectivity index (χ2n) is 6.57. The number of carbonyl (C=O) groups is 1. The molecule has 0 fully saturated rings. The van der Waals surface area contributed by atoms with Gasteiger partial charge in [0.2, 0.25) is 11.2 Å². The zero-order valence-corrected chi connectivity index (χ0v) is 15.2. The number of nitrogens with zero attached hydrogens (tertiary/aromatic N) is 1. The summed E-state index contributed by atoms with van der Waals surface area (Å²) in [5.41, 5.74) is 2.97. The zero-order valence-electron chi connectivity index (χ0n) is 15.2. The molecule has 27 heavy (non-hydrogen) atoms. The van der Waals surface area contributed by atoms with Crippen molar-refractivity contribution < 1.29 is 18.7 Å². The second-order valence-corrected chi connectivity index (χ2v) is 6.57. The monoisotopic (exact) mass is 368 g/mol. The van der Waals surface area contributed by atoms with Crippen LogP contribution < -0.4 is 14.9 Å². The van der Waals surface area contributed by atoms with E-state index in [1.54, 1.807) is 18.9 Å². The topological polar surface area (TPSA) is 84.8 Å². The van der Waals surface area contributed by atoms with Gasteiger partial charge in [-0.2, -0.15) is 0 Å². The number of methoxy groups -OCH3 is 1. The summed E-state index contributed by atoms with van der Waals surface area (Å²) in [6.45, 7) is 2.57. The minimum absolute atomic E-state index is 0.0449. The molecule has 7 nitrogen and oxygen atoms in total. The van der Waals surface area contributed by atoms with Crippen LogP contribution in [0.1, 0.15) is 17.0 Å². The van der Waals surface area contributed by atoms with Crippen molar-refractivity contribution in [1.82, 2.24) is 9.88 Å². The molecule has 0 saturated heterocycles. The molecule has 1 N–H and O–H groups in total. The molecule has 0 aliphatic carbocycles. The molecule has 1 aromatic carbocycles. The largest absolute Gasteiger partial charge is 0.497 e. The Balaban J connectivity index is 1.50. The van der Waals surface area contributed by atoms with Crippen molar-refractivity contribution in [2.75, 3.05) is 20.3 Å². The van der Waals surface area contributed by atoms with E-state index in [4.69, 9.17) is 13.9 Å². The molecule has 1 aliphatic heterocycles. The molecule has 0 bridgehead atoms. The smallest absolute Gasteiger partial charge is 0.260 e. The van der Waals surface area contributed by atoms with Crippen molar-refractivity contribution in [3.05, 3.63) is 57.8 Å². The summed E-state index contributed by atoms with van der Waals surface area (Å²) in [6, 6.07) is 7.21. The predicted molar refractivity (Wildman–Crippen MR) is 99.2 cm³/mol. The highest BCUT2D eigenvalue weighted by atomic mass is 16.5. The fraction of sp³-hybridized carbons (Fsp3) is 0.300. The number of aromatic nitrogens is 1. The Hall–Kier alpha value is -3.22. The molecule has 3 heterocycles. The second kappa shape index (κ2) is 6.83. The highest BCUT2D eigenvalue weighted by Crippen LogP contribution is 2.30. The quantitative estimate of drug-likeness (QED) is 0.764. The van der Waals surface area contributed by atoms with Crippen LogP contribution >= 0.6 is 0 Å². The van der Waals surface area contributed by atoms with Gasteiger partial charge < -0.3 is 23.8 Å². The molecule has 3 aromatic rings. The van der Waals surface area contributed by atoms with E-state index in [1.807, 2.05) is 18.2 Å². The lowest BCUT2D eigenvalue weighted by Crippen LogP contribution is -2.39. The number of nitrogens with one attached hydrogen (secondary N) is 1. The van der Waals surface area contributed by atoms with Crippen LogP contribution in [0.15, 0.2) is 39.7 Å². The van der Waals surface area contributed by atoms with Crippen LogP contribution in [0.2, 0.25) is 0 Å². The number of ether oxygens (including phenoxy) is 2. The van der Waals surface area contributed by atoms with Gasteiger partial charge in [0.1, 0.15) is 17.8 Å². The summed E-state index contributed by atoms with van der Waals surface area (Å²) >= 11 is 0. The summed E-state index contributed by atoms with van der Waals surface area (Å²) in [4.78, 5) is 29.6. The highest BCUT2D eigenvalue weighted by molar-refractivity contribution is 5.87. The molecule has 1 amide bonds. The van der Waals surface area contributed by atoms with E-state index < -0.39 is 0 Å². The maximum absolute atomic E-state index is 12.6. The molecular formula is C20H20N2O5. The fourth-order valence-electron chi connectivity index (χ4n) is 3.36. The van der Waals surface area contributed by atoms with E-state index in [-0.39, 0.29) is 23.7 Å². The van der Waals surface area contributed by atoms with Crippen molar-refractivity contribution in [3.63, 3.8) is 0 Å². The number of carbonyl (C=O) groups excluding carboxylic acids is 1. The normalized spacial score (nSPS) is 13.5. The third-order valence-corrected chi connectivity index (χ3v) is 4.82. The Kier molecular flexibility index (Phi) is 4.35. The Bertz CT molecular complexity index is 1070. The highest BCUT2D eigenvalue weighted by Gasteiger charge is 2.24. The molecule has 1 aliphatic rings. The van der Waals surface area contributed by atoms with Gasteiger partial charge in [0.25, 0.3) is 5.91 Å². The number of benzene rings is 1. The third kappa shape index (κ3) is 3.28. The van der Waals surface area contributed by atoms with Crippen LogP contribution in [0.4, 0.5) is 0 Å². The Morgan fingerprint density at radius 1 is 1.33 bits per heavy atom. The van der Waals surface area contributed by atoms with Crippen LogP contribution in [-0.4, -0.2) is 36.1 Å². The molecule has 2 aromatic heterocycles. The molecule has 0 radical (unpaired) electrons. The van der Waals surface area contributed by atoms with Gasteiger partial charge >= 0.3 is 0 Å². The number of H-pyrrole nitrogens is 1. The minimum atomic E-state index is -0.295. The summed E-state index contributed by atoms with van der Waals surface area (Å²) in [5.74, 6) is 1.15. The SMILES string of the molecule is COc1ccc2[nH]c3c(c2c1)CN(C(=O)COc1coc(C)cc1=O)CC3. The number of hydrogen-bond donors (Lipinski definition) is 1. The Morgan fingerprint density at radius 3 is 2.96 bits per heavy atom. The van der Waals surface area contributed by atoms with Gasteiger partial charge in [0, 0.05) is 47.7 Å². The third-order valence-electron chi connectivity index (χ3n) is 4.82. The van der Waals surface area contributed by atoms with Gasteiger partial charge in [0.05, 0.1) is 7.11 Å². The molecule has 4 rings (SSSR count). The van der Waals surface area contributed by atoms with Gasteiger partial charge in [-0.25, -0.2) is 0 Å². The summed E-state index contributed by atoms with van der Waals surface area (Å²) in [6.07, 6.45) is 1.98. The number of hydrogen-bond acceptors (Lipinski definition) is 5. The van der Waals surface area contributed by atoms with Gasteiger partial charge in [-0.3, -0.25) is 9.59 Å².